The van der Waals surface area contributed by atoms with Gasteiger partial charge in [-0.2, -0.15) is 0 Å². The summed E-state index contributed by atoms with van der Waals surface area (Å²) >= 11 is 0. The molecule has 0 saturated carbocycles. The van der Waals surface area contributed by atoms with Crippen molar-refractivity contribution in [3.8, 4) is 0 Å². The molecule has 0 unspecified atom stereocenters. The second-order valence-corrected chi connectivity index (χ2v) is 4.92. The molecule has 0 heterocycles. The van der Waals surface area contributed by atoms with Gasteiger partial charge in [0, 0.05) is 6.07 Å². The van der Waals surface area contributed by atoms with Crippen molar-refractivity contribution in [3.63, 3.8) is 0 Å². The van der Waals surface area contributed by atoms with Crippen molar-refractivity contribution >= 4 is 11.9 Å². The van der Waals surface area contributed by atoms with Crippen molar-refractivity contribution in [2.75, 3.05) is 0 Å². The van der Waals surface area contributed by atoms with E-state index in [0.717, 1.165) is 17.7 Å². The van der Waals surface area contributed by atoms with E-state index >= 15 is 0 Å². The van der Waals surface area contributed by atoms with Crippen molar-refractivity contribution in [2.45, 2.75) is 19.6 Å². The van der Waals surface area contributed by atoms with Crippen LogP contribution in [0.25, 0.3) is 0 Å². The highest BCUT2D eigenvalue weighted by molar-refractivity contribution is 6.01. The zero-order valence-electron chi connectivity index (χ0n) is 12.4. The summed E-state index contributed by atoms with van der Waals surface area (Å²) < 4.78 is 31.4. The van der Waals surface area contributed by atoms with Crippen molar-refractivity contribution in [1.82, 2.24) is 5.32 Å². The predicted octanol–water partition coefficient (Wildman–Crippen LogP) is 3.46. The smallest absolute Gasteiger partial charge is 0.408 e. The van der Waals surface area contributed by atoms with Gasteiger partial charge < -0.3 is 10.1 Å². The fourth-order valence-corrected chi connectivity index (χ4v) is 1.93. The van der Waals surface area contributed by atoms with E-state index in [0.29, 0.717) is 6.07 Å². The molecule has 2 aromatic rings. The molecule has 6 heteroatoms. The molecular formula is C17H15F2NO3. The van der Waals surface area contributed by atoms with Crippen molar-refractivity contribution in [3.05, 3.63) is 71.3 Å². The molecule has 0 saturated heterocycles. The van der Waals surface area contributed by atoms with E-state index < -0.39 is 29.6 Å². The average molecular weight is 319 g/mol. The Morgan fingerprint density at radius 3 is 2.48 bits per heavy atom. The maximum atomic E-state index is 13.6. The van der Waals surface area contributed by atoms with Crippen molar-refractivity contribution < 1.29 is 23.1 Å². The lowest BCUT2D eigenvalue weighted by Gasteiger charge is -2.13. The largest absolute Gasteiger partial charge is 0.445 e. The Balaban J connectivity index is 1.91. The van der Waals surface area contributed by atoms with Crippen LogP contribution in [-0.2, 0) is 11.3 Å². The van der Waals surface area contributed by atoms with Crippen LogP contribution in [0.5, 0.6) is 0 Å². The number of hydrogen-bond donors (Lipinski definition) is 1. The summed E-state index contributed by atoms with van der Waals surface area (Å²) in [5.41, 5.74) is 0.508. The van der Waals surface area contributed by atoms with Gasteiger partial charge in [-0.3, -0.25) is 4.79 Å². The number of alkyl carbamates (subject to hydrolysis) is 1. The van der Waals surface area contributed by atoms with Crippen LogP contribution >= 0.6 is 0 Å². The minimum atomic E-state index is -1.00. The van der Waals surface area contributed by atoms with Crippen LogP contribution in [0.1, 0.15) is 22.8 Å². The first-order valence-corrected chi connectivity index (χ1v) is 6.94. The highest BCUT2D eigenvalue weighted by Gasteiger charge is 2.21. The number of nitrogens with one attached hydrogen (secondary N) is 1. The molecular weight excluding hydrogens is 304 g/mol. The maximum Gasteiger partial charge on any atom is 0.408 e. The van der Waals surface area contributed by atoms with E-state index in [1.165, 1.54) is 6.92 Å². The Bertz CT molecular complexity index is 704. The molecule has 0 spiro atoms. The molecule has 0 aromatic heterocycles. The molecule has 23 heavy (non-hydrogen) atoms. The summed E-state index contributed by atoms with van der Waals surface area (Å²) in [4.78, 5) is 23.7. The van der Waals surface area contributed by atoms with Gasteiger partial charge in [0.25, 0.3) is 0 Å². The van der Waals surface area contributed by atoms with Crippen LogP contribution in [0, 0.1) is 11.6 Å². The number of hydrogen-bond acceptors (Lipinski definition) is 3. The molecule has 1 amide bonds. The Labute approximate surface area is 132 Å². The summed E-state index contributed by atoms with van der Waals surface area (Å²) in [7, 11) is 0. The molecule has 0 radical (unpaired) electrons. The Morgan fingerprint density at radius 1 is 1.13 bits per heavy atom. The van der Waals surface area contributed by atoms with Crippen LogP contribution in [0.3, 0.4) is 0 Å². The number of halogens is 2. The second kappa shape index (κ2) is 7.49. The van der Waals surface area contributed by atoms with E-state index in [9.17, 15) is 18.4 Å². The third-order valence-electron chi connectivity index (χ3n) is 3.14. The topological polar surface area (TPSA) is 55.4 Å². The first-order chi connectivity index (χ1) is 11.0. The van der Waals surface area contributed by atoms with E-state index in [1.807, 2.05) is 6.07 Å². The molecule has 4 nitrogen and oxygen atoms in total. The van der Waals surface area contributed by atoms with E-state index in [2.05, 4.69) is 5.32 Å². The lowest BCUT2D eigenvalue weighted by molar-refractivity contribution is 0.0922. The molecule has 0 bridgehead atoms. The number of ether oxygens (including phenoxy) is 1. The molecule has 120 valence electrons. The SMILES string of the molecule is C[C@H](NC(=O)OCc1ccccc1)C(=O)c1ccc(F)cc1F. The number of Topliss-reactive ketones (excluding diaryl/α,β-unsaturated/α-hetero) is 1. The number of carbonyl (C=O) groups is 2. The Morgan fingerprint density at radius 2 is 1.83 bits per heavy atom. The zero-order chi connectivity index (χ0) is 16.8. The number of benzene rings is 2. The highest BCUT2D eigenvalue weighted by Crippen LogP contribution is 2.12. The van der Waals surface area contributed by atoms with Gasteiger partial charge in [-0.05, 0) is 24.6 Å². The molecule has 2 rings (SSSR count). The number of rotatable bonds is 5. The summed E-state index contributed by atoms with van der Waals surface area (Å²) in [6.07, 6.45) is -0.794. The average Bonchev–Trinajstić information content (AvgIpc) is 2.53. The maximum absolute atomic E-state index is 13.6. The number of ketones is 1. The molecule has 1 N–H and O–H groups in total. The summed E-state index contributed by atoms with van der Waals surface area (Å²) in [5, 5.41) is 2.32. The molecule has 0 fully saturated rings. The fraction of sp³-hybridized carbons (Fsp3) is 0.176. The van der Waals surface area contributed by atoms with Gasteiger partial charge in [0.2, 0.25) is 0 Å². The molecule has 0 aliphatic carbocycles. The van der Waals surface area contributed by atoms with Crippen LogP contribution in [0.15, 0.2) is 48.5 Å². The lowest BCUT2D eigenvalue weighted by Crippen LogP contribution is -2.39. The van der Waals surface area contributed by atoms with Crippen molar-refractivity contribution in [1.29, 1.82) is 0 Å². The minimum absolute atomic E-state index is 0.0541. The van der Waals surface area contributed by atoms with Gasteiger partial charge in [-0.15, -0.1) is 0 Å². The Kier molecular flexibility index (Phi) is 5.41. The summed E-state index contributed by atoms with van der Waals surface area (Å²) in [6.45, 7) is 1.45. The molecule has 0 aliphatic rings. The zero-order valence-corrected chi connectivity index (χ0v) is 12.4. The van der Waals surface area contributed by atoms with Crippen LogP contribution < -0.4 is 5.32 Å². The van der Waals surface area contributed by atoms with Gasteiger partial charge in [-0.25, -0.2) is 13.6 Å². The molecule has 1 atom stereocenters. The summed E-state index contributed by atoms with van der Waals surface area (Å²) in [5.74, 6) is -2.41. The van der Waals surface area contributed by atoms with Crippen LogP contribution in [0.2, 0.25) is 0 Å². The third kappa shape index (κ3) is 4.60. The first kappa shape index (κ1) is 16.6. The van der Waals surface area contributed by atoms with E-state index in [-0.39, 0.29) is 12.2 Å². The number of amides is 1. The van der Waals surface area contributed by atoms with Gasteiger partial charge in [0.05, 0.1) is 11.6 Å². The van der Waals surface area contributed by atoms with Gasteiger partial charge >= 0.3 is 6.09 Å². The normalized spacial score (nSPS) is 11.6. The second-order valence-electron chi connectivity index (χ2n) is 4.92. The minimum Gasteiger partial charge on any atom is -0.445 e. The highest BCUT2D eigenvalue weighted by atomic mass is 19.1. The van der Waals surface area contributed by atoms with Gasteiger partial charge in [-0.1, -0.05) is 30.3 Å². The monoisotopic (exact) mass is 319 g/mol. The van der Waals surface area contributed by atoms with Crippen LogP contribution in [-0.4, -0.2) is 17.9 Å². The third-order valence-corrected chi connectivity index (χ3v) is 3.14. The van der Waals surface area contributed by atoms with E-state index in [4.69, 9.17) is 4.74 Å². The van der Waals surface area contributed by atoms with Crippen LogP contribution in [0.4, 0.5) is 13.6 Å². The van der Waals surface area contributed by atoms with E-state index in [1.54, 1.807) is 24.3 Å². The lowest BCUT2D eigenvalue weighted by atomic mass is 10.0. The predicted molar refractivity (Wildman–Crippen MR) is 79.9 cm³/mol. The molecule has 2 aromatic carbocycles. The quantitative estimate of drug-likeness (QED) is 0.859. The number of carbonyl (C=O) groups excluding carboxylic acids is 2. The van der Waals surface area contributed by atoms with Crippen molar-refractivity contribution in [2.24, 2.45) is 0 Å². The summed E-state index contributed by atoms with van der Waals surface area (Å²) in [6, 6.07) is 10.7. The first-order valence-electron chi connectivity index (χ1n) is 6.94. The fourth-order valence-electron chi connectivity index (χ4n) is 1.93. The molecule has 0 aliphatic heterocycles. The van der Waals surface area contributed by atoms with Gasteiger partial charge in [0.15, 0.2) is 5.78 Å². The standard InChI is InChI=1S/C17H15F2NO3/c1-11(16(21)14-8-7-13(18)9-15(14)19)20-17(22)23-10-12-5-3-2-4-6-12/h2-9,11H,10H2,1H3,(H,20,22)/t11-/m0/s1. The van der Waals surface area contributed by atoms with Gasteiger partial charge in [0.1, 0.15) is 18.2 Å². The Hall–Kier alpha value is -2.76.